The SMILES string of the molecule is CCCCCNC(=O)C(C)n1cc(CCN)nn1. The van der Waals surface area contributed by atoms with Crippen LogP contribution in [0.25, 0.3) is 0 Å². The van der Waals surface area contributed by atoms with Crippen LogP contribution in [0.4, 0.5) is 0 Å². The van der Waals surface area contributed by atoms with Crippen molar-refractivity contribution in [3.8, 4) is 0 Å². The minimum Gasteiger partial charge on any atom is -0.354 e. The lowest BCUT2D eigenvalue weighted by Gasteiger charge is -2.11. The van der Waals surface area contributed by atoms with E-state index >= 15 is 0 Å². The Morgan fingerprint density at radius 2 is 2.33 bits per heavy atom. The van der Waals surface area contributed by atoms with Gasteiger partial charge in [0.2, 0.25) is 5.91 Å². The number of nitrogens with two attached hydrogens (primary N) is 1. The Morgan fingerprint density at radius 1 is 1.56 bits per heavy atom. The Labute approximate surface area is 108 Å². The van der Waals surface area contributed by atoms with E-state index in [1.807, 2.05) is 6.92 Å². The molecule has 1 unspecified atom stereocenters. The minimum atomic E-state index is -0.328. The molecule has 0 aliphatic carbocycles. The van der Waals surface area contributed by atoms with E-state index in [9.17, 15) is 4.79 Å². The smallest absolute Gasteiger partial charge is 0.244 e. The Balaban J connectivity index is 2.41. The quantitative estimate of drug-likeness (QED) is 0.666. The molecule has 0 aromatic carbocycles. The summed E-state index contributed by atoms with van der Waals surface area (Å²) in [5, 5.41) is 10.8. The van der Waals surface area contributed by atoms with Crippen LogP contribution in [0.3, 0.4) is 0 Å². The van der Waals surface area contributed by atoms with E-state index in [2.05, 4.69) is 22.6 Å². The molecular weight excluding hydrogens is 230 g/mol. The number of rotatable bonds is 8. The van der Waals surface area contributed by atoms with Crippen LogP contribution >= 0.6 is 0 Å². The molecule has 0 aliphatic rings. The van der Waals surface area contributed by atoms with Crippen molar-refractivity contribution in [3.05, 3.63) is 11.9 Å². The second-order valence-corrected chi connectivity index (χ2v) is 4.40. The summed E-state index contributed by atoms with van der Waals surface area (Å²) in [5.41, 5.74) is 6.27. The van der Waals surface area contributed by atoms with Crippen LogP contribution in [0.5, 0.6) is 0 Å². The van der Waals surface area contributed by atoms with Gasteiger partial charge in [-0.1, -0.05) is 25.0 Å². The van der Waals surface area contributed by atoms with Gasteiger partial charge in [-0.3, -0.25) is 4.79 Å². The van der Waals surface area contributed by atoms with Gasteiger partial charge in [0, 0.05) is 19.2 Å². The molecule has 0 bridgehead atoms. The summed E-state index contributed by atoms with van der Waals surface area (Å²) in [6, 6.07) is -0.328. The zero-order chi connectivity index (χ0) is 13.4. The molecule has 6 heteroatoms. The molecule has 102 valence electrons. The van der Waals surface area contributed by atoms with E-state index in [-0.39, 0.29) is 11.9 Å². The van der Waals surface area contributed by atoms with Gasteiger partial charge < -0.3 is 11.1 Å². The van der Waals surface area contributed by atoms with Crippen LogP contribution in [0.2, 0.25) is 0 Å². The first-order valence-electron chi connectivity index (χ1n) is 6.57. The van der Waals surface area contributed by atoms with Gasteiger partial charge in [-0.15, -0.1) is 5.10 Å². The number of amides is 1. The Kier molecular flexibility index (Phi) is 6.35. The molecule has 0 fully saturated rings. The number of unbranched alkanes of at least 4 members (excludes halogenated alkanes) is 2. The van der Waals surface area contributed by atoms with Crippen LogP contribution in [-0.2, 0) is 11.2 Å². The van der Waals surface area contributed by atoms with Crippen molar-refractivity contribution < 1.29 is 4.79 Å². The van der Waals surface area contributed by atoms with Gasteiger partial charge in [-0.05, 0) is 19.9 Å². The van der Waals surface area contributed by atoms with Crippen molar-refractivity contribution in [1.82, 2.24) is 20.3 Å². The lowest BCUT2D eigenvalue weighted by Crippen LogP contribution is -2.32. The Bertz CT molecular complexity index is 363. The predicted octanol–water partition coefficient (Wildman–Crippen LogP) is 0.647. The van der Waals surface area contributed by atoms with Gasteiger partial charge in [-0.2, -0.15) is 0 Å². The van der Waals surface area contributed by atoms with Gasteiger partial charge >= 0.3 is 0 Å². The summed E-state index contributed by atoms with van der Waals surface area (Å²) < 4.78 is 1.58. The normalized spacial score (nSPS) is 12.4. The molecule has 1 atom stereocenters. The third-order valence-corrected chi connectivity index (χ3v) is 2.81. The number of nitrogens with one attached hydrogen (secondary N) is 1. The molecule has 0 aliphatic heterocycles. The largest absolute Gasteiger partial charge is 0.354 e. The summed E-state index contributed by atoms with van der Waals surface area (Å²) in [4.78, 5) is 11.8. The second kappa shape index (κ2) is 7.81. The highest BCUT2D eigenvalue weighted by Gasteiger charge is 2.15. The predicted molar refractivity (Wildman–Crippen MR) is 70.0 cm³/mol. The van der Waals surface area contributed by atoms with Gasteiger partial charge in [0.1, 0.15) is 6.04 Å². The number of carbonyl (C=O) groups excluding carboxylic acids is 1. The van der Waals surface area contributed by atoms with Crippen LogP contribution in [0.15, 0.2) is 6.20 Å². The van der Waals surface area contributed by atoms with Crippen LogP contribution in [-0.4, -0.2) is 34.0 Å². The Hall–Kier alpha value is -1.43. The molecule has 0 saturated heterocycles. The fraction of sp³-hybridized carbons (Fsp3) is 0.750. The summed E-state index contributed by atoms with van der Waals surface area (Å²) in [6.07, 6.45) is 5.77. The molecule has 0 saturated carbocycles. The topological polar surface area (TPSA) is 85.8 Å². The molecule has 1 aromatic rings. The van der Waals surface area contributed by atoms with E-state index in [0.29, 0.717) is 13.0 Å². The summed E-state index contributed by atoms with van der Waals surface area (Å²) >= 11 is 0. The number of hydrogen-bond donors (Lipinski definition) is 2. The number of nitrogens with zero attached hydrogens (tertiary/aromatic N) is 3. The average Bonchev–Trinajstić information content (AvgIpc) is 2.82. The van der Waals surface area contributed by atoms with Gasteiger partial charge in [0.25, 0.3) is 0 Å². The van der Waals surface area contributed by atoms with Crippen molar-refractivity contribution in [2.45, 2.75) is 45.6 Å². The molecule has 1 heterocycles. The third kappa shape index (κ3) is 4.44. The molecule has 1 amide bonds. The molecule has 0 radical (unpaired) electrons. The molecule has 3 N–H and O–H groups in total. The summed E-state index contributed by atoms with van der Waals surface area (Å²) in [7, 11) is 0. The fourth-order valence-corrected chi connectivity index (χ4v) is 1.62. The highest BCUT2D eigenvalue weighted by molar-refractivity contribution is 5.79. The zero-order valence-corrected chi connectivity index (χ0v) is 11.2. The lowest BCUT2D eigenvalue weighted by atomic mass is 10.2. The second-order valence-electron chi connectivity index (χ2n) is 4.40. The lowest BCUT2D eigenvalue weighted by molar-refractivity contribution is -0.124. The first kappa shape index (κ1) is 14.6. The van der Waals surface area contributed by atoms with Crippen LogP contribution in [0.1, 0.15) is 44.8 Å². The van der Waals surface area contributed by atoms with Crippen molar-refractivity contribution in [1.29, 1.82) is 0 Å². The highest BCUT2D eigenvalue weighted by atomic mass is 16.2. The zero-order valence-electron chi connectivity index (χ0n) is 11.2. The maximum Gasteiger partial charge on any atom is 0.244 e. The van der Waals surface area contributed by atoms with Gasteiger partial charge in [0.05, 0.1) is 5.69 Å². The number of hydrogen-bond acceptors (Lipinski definition) is 4. The van der Waals surface area contributed by atoms with Crippen molar-refractivity contribution in [2.75, 3.05) is 13.1 Å². The summed E-state index contributed by atoms with van der Waals surface area (Å²) in [5.74, 6) is -0.0182. The van der Waals surface area contributed by atoms with E-state index in [4.69, 9.17) is 5.73 Å². The van der Waals surface area contributed by atoms with Crippen molar-refractivity contribution in [2.24, 2.45) is 5.73 Å². The van der Waals surface area contributed by atoms with Gasteiger partial charge in [0.15, 0.2) is 0 Å². The van der Waals surface area contributed by atoms with E-state index in [1.54, 1.807) is 10.9 Å². The van der Waals surface area contributed by atoms with Crippen LogP contribution < -0.4 is 11.1 Å². The van der Waals surface area contributed by atoms with E-state index in [1.165, 1.54) is 0 Å². The highest BCUT2D eigenvalue weighted by Crippen LogP contribution is 2.05. The van der Waals surface area contributed by atoms with Crippen LogP contribution in [0, 0.1) is 0 Å². The fourth-order valence-electron chi connectivity index (χ4n) is 1.62. The number of aromatic nitrogens is 3. The average molecular weight is 253 g/mol. The maximum atomic E-state index is 11.8. The molecule has 1 rings (SSSR count). The first-order chi connectivity index (χ1) is 8.69. The first-order valence-corrected chi connectivity index (χ1v) is 6.57. The minimum absolute atomic E-state index is 0.0182. The summed E-state index contributed by atoms with van der Waals surface area (Å²) in [6.45, 7) is 5.21. The van der Waals surface area contributed by atoms with Crippen molar-refractivity contribution in [3.63, 3.8) is 0 Å². The van der Waals surface area contributed by atoms with Gasteiger partial charge in [-0.25, -0.2) is 4.68 Å². The Morgan fingerprint density at radius 3 is 3.00 bits per heavy atom. The molecule has 1 aromatic heterocycles. The molecule has 18 heavy (non-hydrogen) atoms. The maximum absolute atomic E-state index is 11.8. The molecule has 6 nitrogen and oxygen atoms in total. The van der Waals surface area contributed by atoms with E-state index in [0.717, 1.165) is 31.5 Å². The molecular formula is C12H23N5O. The number of carbonyl (C=O) groups is 1. The monoisotopic (exact) mass is 253 g/mol. The van der Waals surface area contributed by atoms with E-state index < -0.39 is 0 Å². The van der Waals surface area contributed by atoms with Crippen molar-refractivity contribution >= 4 is 5.91 Å². The standard InChI is InChI=1S/C12H23N5O/c1-3-4-5-8-14-12(18)10(2)17-9-11(6-7-13)15-16-17/h9-10H,3-8,13H2,1-2H3,(H,14,18). The molecule has 0 spiro atoms. The third-order valence-electron chi connectivity index (χ3n) is 2.81.